The molecule has 0 aromatic heterocycles. The number of hydrogen-bond acceptors (Lipinski definition) is 3. The van der Waals surface area contributed by atoms with Crippen LogP contribution in [0.5, 0.6) is 5.75 Å². The number of likely N-dealkylation sites (tertiary alicyclic amines) is 1. The van der Waals surface area contributed by atoms with Crippen molar-refractivity contribution in [2.75, 3.05) is 26.7 Å². The fourth-order valence-electron chi connectivity index (χ4n) is 3.49. The molecule has 0 atom stereocenters. The van der Waals surface area contributed by atoms with Crippen LogP contribution in [0.2, 0.25) is 0 Å². The molecule has 1 heterocycles. The molecule has 1 N–H and O–H groups in total. The standard InChI is InChI=1S/C23H24N2O3/c1-3-14-24-22(26)18-12-15-25(16-13-18)23(27)19-10-8-17(9-11-19)20-6-4-5-7-21(20)28-2/h1,4-11,18H,12-16H2,2H3,(H,24,26). The topological polar surface area (TPSA) is 58.6 Å². The number of nitrogens with one attached hydrogen (secondary N) is 1. The maximum atomic E-state index is 12.8. The van der Waals surface area contributed by atoms with Gasteiger partial charge >= 0.3 is 0 Å². The predicted octanol–water partition coefficient (Wildman–Crippen LogP) is 2.96. The largest absolute Gasteiger partial charge is 0.496 e. The highest BCUT2D eigenvalue weighted by Crippen LogP contribution is 2.30. The van der Waals surface area contributed by atoms with E-state index in [9.17, 15) is 9.59 Å². The molecule has 1 aliphatic heterocycles. The second kappa shape index (κ2) is 9.09. The van der Waals surface area contributed by atoms with Gasteiger partial charge in [-0.1, -0.05) is 36.3 Å². The number of amides is 2. The normalized spacial score (nSPS) is 14.2. The number of piperidine rings is 1. The van der Waals surface area contributed by atoms with Gasteiger partial charge in [0.15, 0.2) is 0 Å². The minimum Gasteiger partial charge on any atom is -0.496 e. The van der Waals surface area contributed by atoms with Crippen molar-refractivity contribution in [2.45, 2.75) is 12.8 Å². The van der Waals surface area contributed by atoms with E-state index in [2.05, 4.69) is 11.2 Å². The first-order valence-electron chi connectivity index (χ1n) is 9.38. The van der Waals surface area contributed by atoms with Crippen LogP contribution >= 0.6 is 0 Å². The third-order valence-electron chi connectivity index (χ3n) is 5.07. The lowest BCUT2D eigenvalue weighted by Crippen LogP contribution is -2.43. The maximum absolute atomic E-state index is 12.8. The average molecular weight is 376 g/mol. The van der Waals surface area contributed by atoms with Gasteiger partial charge in [0, 0.05) is 30.1 Å². The summed E-state index contributed by atoms with van der Waals surface area (Å²) in [6, 6.07) is 15.4. The van der Waals surface area contributed by atoms with Crippen LogP contribution in [-0.4, -0.2) is 43.5 Å². The quantitative estimate of drug-likeness (QED) is 0.817. The second-order valence-electron chi connectivity index (χ2n) is 6.77. The molecule has 1 saturated heterocycles. The molecule has 0 radical (unpaired) electrons. The van der Waals surface area contributed by atoms with E-state index in [4.69, 9.17) is 11.2 Å². The molecule has 1 aliphatic rings. The van der Waals surface area contributed by atoms with E-state index in [-0.39, 0.29) is 24.3 Å². The maximum Gasteiger partial charge on any atom is 0.253 e. The van der Waals surface area contributed by atoms with Crippen LogP contribution in [0.1, 0.15) is 23.2 Å². The van der Waals surface area contributed by atoms with Crippen LogP contribution < -0.4 is 10.1 Å². The van der Waals surface area contributed by atoms with Gasteiger partial charge in [-0.15, -0.1) is 6.42 Å². The van der Waals surface area contributed by atoms with E-state index in [1.807, 2.05) is 53.4 Å². The highest BCUT2D eigenvalue weighted by atomic mass is 16.5. The molecule has 0 aliphatic carbocycles. The molecule has 0 bridgehead atoms. The van der Waals surface area contributed by atoms with Crippen molar-refractivity contribution in [1.29, 1.82) is 0 Å². The molecular formula is C23H24N2O3. The zero-order valence-corrected chi connectivity index (χ0v) is 16.0. The Morgan fingerprint density at radius 2 is 1.82 bits per heavy atom. The molecule has 3 rings (SSSR count). The lowest BCUT2D eigenvalue weighted by molar-refractivity contribution is -0.126. The lowest BCUT2D eigenvalue weighted by atomic mass is 9.95. The van der Waals surface area contributed by atoms with Gasteiger partial charge in [-0.25, -0.2) is 0 Å². The van der Waals surface area contributed by atoms with E-state index in [1.54, 1.807) is 7.11 Å². The van der Waals surface area contributed by atoms with Crippen LogP contribution in [0.3, 0.4) is 0 Å². The van der Waals surface area contributed by atoms with Crippen molar-refractivity contribution in [1.82, 2.24) is 10.2 Å². The van der Waals surface area contributed by atoms with Crippen molar-refractivity contribution in [3.8, 4) is 29.2 Å². The molecule has 2 aromatic carbocycles. The Hall–Kier alpha value is -3.26. The van der Waals surface area contributed by atoms with Gasteiger partial charge in [-0.2, -0.15) is 0 Å². The Bertz CT molecular complexity index is 875. The van der Waals surface area contributed by atoms with Gasteiger partial charge in [0.05, 0.1) is 13.7 Å². The number of methoxy groups -OCH3 is 1. The van der Waals surface area contributed by atoms with E-state index >= 15 is 0 Å². The van der Waals surface area contributed by atoms with Crippen LogP contribution in [0.25, 0.3) is 11.1 Å². The smallest absolute Gasteiger partial charge is 0.253 e. The minimum atomic E-state index is -0.0784. The number of rotatable bonds is 5. The van der Waals surface area contributed by atoms with Crippen molar-refractivity contribution >= 4 is 11.8 Å². The molecule has 28 heavy (non-hydrogen) atoms. The van der Waals surface area contributed by atoms with Crippen molar-refractivity contribution in [3.63, 3.8) is 0 Å². The summed E-state index contributed by atoms with van der Waals surface area (Å²) >= 11 is 0. The number of hydrogen-bond donors (Lipinski definition) is 1. The Morgan fingerprint density at radius 3 is 2.46 bits per heavy atom. The number of terminal acetylenes is 1. The molecule has 0 saturated carbocycles. The van der Waals surface area contributed by atoms with Crippen LogP contribution in [0.4, 0.5) is 0 Å². The predicted molar refractivity (Wildman–Crippen MR) is 109 cm³/mol. The Kier molecular flexibility index (Phi) is 6.33. The van der Waals surface area contributed by atoms with Gasteiger partial charge in [-0.05, 0) is 36.6 Å². The minimum absolute atomic E-state index is 0.00550. The molecule has 1 fully saturated rings. The zero-order chi connectivity index (χ0) is 19.9. The third-order valence-corrected chi connectivity index (χ3v) is 5.07. The SMILES string of the molecule is C#CCNC(=O)C1CCN(C(=O)c2ccc(-c3ccccc3OC)cc2)CC1. The summed E-state index contributed by atoms with van der Waals surface area (Å²) in [6.45, 7) is 1.39. The van der Waals surface area contributed by atoms with E-state index in [0.29, 0.717) is 31.5 Å². The summed E-state index contributed by atoms with van der Waals surface area (Å²) in [5, 5.41) is 2.72. The highest BCUT2D eigenvalue weighted by Gasteiger charge is 2.27. The number of nitrogens with zero attached hydrogens (tertiary/aromatic N) is 1. The molecule has 0 unspecified atom stereocenters. The van der Waals surface area contributed by atoms with Crippen LogP contribution in [0, 0.1) is 18.3 Å². The molecule has 2 aromatic rings. The summed E-state index contributed by atoms with van der Waals surface area (Å²) in [7, 11) is 1.65. The fraction of sp³-hybridized carbons (Fsp3) is 0.304. The highest BCUT2D eigenvalue weighted by molar-refractivity contribution is 5.95. The summed E-state index contributed by atoms with van der Waals surface area (Å²) < 4.78 is 5.41. The van der Waals surface area contributed by atoms with Gasteiger partial charge in [0.2, 0.25) is 5.91 Å². The van der Waals surface area contributed by atoms with Crippen LogP contribution in [-0.2, 0) is 4.79 Å². The first kappa shape index (κ1) is 19.5. The lowest BCUT2D eigenvalue weighted by Gasteiger charge is -2.31. The Balaban J connectivity index is 1.63. The summed E-state index contributed by atoms with van der Waals surface area (Å²) in [5.41, 5.74) is 2.63. The fourth-order valence-corrected chi connectivity index (χ4v) is 3.49. The van der Waals surface area contributed by atoms with Gasteiger partial charge in [-0.3, -0.25) is 9.59 Å². The summed E-state index contributed by atoms with van der Waals surface area (Å²) in [6.07, 6.45) is 6.48. The monoisotopic (exact) mass is 376 g/mol. The van der Waals surface area contributed by atoms with E-state index in [1.165, 1.54) is 0 Å². The Labute approximate surface area is 165 Å². The van der Waals surface area contributed by atoms with Crippen molar-refractivity contribution < 1.29 is 14.3 Å². The second-order valence-corrected chi connectivity index (χ2v) is 6.77. The third kappa shape index (κ3) is 4.34. The van der Waals surface area contributed by atoms with Gasteiger partial charge < -0.3 is 15.0 Å². The molecule has 5 heteroatoms. The molecule has 2 amide bonds. The number of para-hydroxylation sites is 1. The molecule has 0 spiro atoms. The number of ether oxygens (including phenoxy) is 1. The van der Waals surface area contributed by atoms with Gasteiger partial charge in [0.25, 0.3) is 5.91 Å². The molecule has 144 valence electrons. The first-order valence-corrected chi connectivity index (χ1v) is 9.38. The summed E-state index contributed by atoms with van der Waals surface area (Å²) in [5.74, 6) is 3.10. The van der Waals surface area contributed by atoms with Crippen molar-refractivity contribution in [2.24, 2.45) is 5.92 Å². The van der Waals surface area contributed by atoms with Gasteiger partial charge in [0.1, 0.15) is 5.75 Å². The van der Waals surface area contributed by atoms with Crippen LogP contribution in [0.15, 0.2) is 48.5 Å². The number of benzene rings is 2. The summed E-state index contributed by atoms with van der Waals surface area (Å²) in [4.78, 5) is 26.6. The first-order chi connectivity index (χ1) is 13.6. The number of carbonyl (C=O) groups is 2. The number of carbonyl (C=O) groups excluding carboxylic acids is 2. The zero-order valence-electron chi connectivity index (χ0n) is 16.0. The van der Waals surface area contributed by atoms with Crippen molar-refractivity contribution in [3.05, 3.63) is 54.1 Å². The molecular weight excluding hydrogens is 352 g/mol. The van der Waals surface area contributed by atoms with E-state index in [0.717, 1.165) is 16.9 Å². The average Bonchev–Trinajstić information content (AvgIpc) is 2.77. The molecule has 5 nitrogen and oxygen atoms in total. The Morgan fingerprint density at radius 1 is 1.14 bits per heavy atom. The van der Waals surface area contributed by atoms with E-state index < -0.39 is 0 Å².